The molecule has 2 aromatic rings. The largest absolute Gasteiger partial charge is 0.383 e. The second kappa shape index (κ2) is 10.3. The Bertz CT molecular complexity index is 918. The number of aliphatic imine (C=N–C) groups is 1. The molecule has 2 aliphatic rings. The summed E-state index contributed by atoms with van der Waals surface area (Å²) in [5.74, 6) is 1.06. The summed E-state index contributed by atoms with van der Waals surface area (Å²) >= 11 is 0. The van der Waals surface area contributed by atoms with Crippen LogP contribution in [0.5, 0.6) is 0 Å². The summed E-state index contributed by atoms with van der Waals surface area (Å²) in [5.41, 5.74) is 8.87. The molecule has 0 bridgehead atoms. The molecule has 4 rings (SSSR count). The molecule has 2 heterocycles. The van der Waals surface area contributed by atoms with Crippen molar-refractivity contribution in [2.45, 2.75) is 38.5 Å². The van der Waals surface area contributed by atoms with Crippen LogP contribution in [0.1, 0.15) is 48.8 Å². The summed E-state index contributed by atoms with van der Waals surface area (Å²) < 4.78 is 5.15. The second-order valence-corrected chi connectivity index (χ2v) is 8.51. The molecule has 31 heavy (non-hydrogen) atoms. The summed E-state index contributed by atoms with van der Waals surface area (Å²) in [6.07, 6.45) is 3.43. The van der Waals surface area contributed by atoms with Crippen molar-refractivity contribution in [2.24, 2.45) is 10.9 Å². The van der Waals surface area contributed by atoms with Crippen LogP contribution in [0.15, 0.2) is 53.5 Å². The second-order valence-electron chi connectivity index (χ2n) is 8.51. The maximum Gasteiger partial charge on any atom is 0.181 e. The lowest BCUT2D eigenvalue weighted by atomic mass is 9.75. The lowest BCUT2D eigenvalue weighted by Gasteiger charge is -2.37. The molecular formula is C26H33N3O2. The van der Waals surface area contributed by atoms with E-state index in [-0.39, 0.29) is 5.78 Å². The highest BCUT2D eigenvalue weighted by Crippen LogP contribution is 2.39. The molecule has 5 heteroatoms. The molecule has 1 atom stereocenters. The zero-order valence-corrected chi connectivity index (χ0v) is 18.6. The van der Waals surface area contributed by atoms with Crippen LogP contribution in [0, 0.1) is 5.92 Å². The number of fused-ring (bicyclic) bond motifs is 1. The number of Topliss-reactive ketones (excluding diaryl/α,β-unsaturated/α-hetero) is 1. The molecule has 1 fully saturated rings. The first-order valence-electron chi connectivity index (χ1n) is 11.5. The third-order valence-corrected chi connectivity index (χ3v) is 6.54. The third kappa shape index (κ3) is 5.12. The number of ketones is 1. The first-order valence-corrected chi connectivity index (χ1v) is 11.5. The van der Waals surface area contributed by atoms with E-state index in [1.807, 2.05) is 6.92 Å². The maximum absolute atomic E-state index is 12.4. The molecule has 0 amide bonds. The van der Waals surface area contributed by atoms with Gasteiger partial charge in [-0.05, 0) is 47.9 Å². The normalized spacial score (nSPS) is 18.5. The lowest BCUT2D eigenvalue weighted by Crippen LogP contribution is -2.45. The Kier molecular flexibility index (Phi) is 7.28. The fraction of sp³-hybridized carbons (Fsp3) is 0.462. The minimum atomic E-state index is 0.166. The van der Waals surface area contributed by atoms with E-state index in [0.717, 1.165) is 50.3 Å². The summed E-state index contributed by atoms with van der Waals surface area (Å²) in [4.78, 5) is 17.1. The Morgan fingerprint density at radius 1 is 1.13 bits per heavy atom. The molecule has 0 radical (unpaired) electrons. The highest BCUT2D eigenvalue weighted by atomic mass is 16.5. The zero-order valence-electron chi connectivity index (χ0n) is 18.6. The van der Waals surface area contributed by atoms with Crippen molar-refractivity contribution in [2.75, 3.05) is 33.4 Å². The monoisotopic (exact) mass is 419 g/mol. The molecule has 0 saturated carbocycles. The molecule has 0 aliphatic carbocycles. The zero-order chi connectivity index (χ0) is 21.6. The molecule has 0 aromatic heterocycles. The lowest BCUT2D eigenvalue weighted by molar-refractivity contribution is -0.112. The Balaban J connectivity index is 1.57. The van der Waals surface area contributed by atoms with Gasteiger partial charge in [0.25, 0.3) is 0 Å². The molecule has 164 valence electrons. The number of nitrogens with one attached hydrogen (secondary N) is 1. The fourth-order valence-corrected chi connectivity index (χ4v) is 4.90. The summed E-state index contributed by atoms with van der Waals surface area (Å²) in [6, 6.07) is 17.4. The van der Waals surface area contributed by atoms with E-state index in [4.69, 9.17) is 4.74 Å². The fourth-order valence-electron chi connectivity index (χ4n) is 4.90. The van der Waals surface area contributed by atoms with Crippen LogP contribution in [-0.4, -0.2) is 49.9 Å². The average Bonchev–Trinajstić information content (AvgIpc) is 2.80. The van der Waals surface area contributed by atoms with Crippen LogP contribution in [-0.2, 0) is 16.0 Å². The Morgan fingerprint density at radius 2 is 1.90 bits per heavy atom. The van der Waals surface area contributed by atoms with Crippen molar-refractivity contribution in [1.82, 2.24) is 10.4 Å². The van der Waals surface area contributed by atoms with Crippen LogP contribution in [0.3, 0.4) is 0 Å². The quantitative estimate of drug-likeness (QED) is 0.649. The van der Waals surface area contributed by atoms with Crippen molar-refractivity contribution in [3.05, 3.63) is 65.2 Å². The maximum atomic E-state index is 12.4. The SMILES string of the molecule is CCC1=Nc2ccc(C(c3ccccc3)C3CCN(NCCOC)CC3)cc2CC1=O. The van der Waals surface area contributed by atoms with Crippen LogP contribution < -0.4 is 5.43 Å². The Hall–Kier alpha value is -2.34. The van der Waals surface area contributed by atoms with Crippen LogP contribution >= 0.6 is 0 Å². The van der Waals surface area contributed by atoms with Gasteiger partial charge in [-0.3, -0.25) is 10.2 Å². The van der Waals surface area contributed by atoms with Crippen molar-refractivity contribution in [3.63, 3.8) is 0 Å². The van der Waals surface area contributed by atoms with E-state index in [1.165, 1.54) is 11.1 Å². The minimum absolute atomic E-state index is 0.166. The number of hydrazine groups is 1. The summed E-state index contributed by atoms with van der Waals surface area (Å²) in [6.45, 7) is 5.64. The highest BCUT2D eigenvalue weighted by molar-refractivity contribution is 6.41. The number of piperidine rings is 1. The standard InChI is InChI=1S/C26H33N3O2/c1-3-23-25(30)18-22-17-21(9-10-24(22)28-23)26(19-7-5-4-6-8-19)20-11-14-29(15-12-20)27-13-16-31-2/h4-10,17,20,26-27H,3,11-16,18H2,1-2H3. The van der Waals surface area contributed by atoms with E-state index >= 15 is 0 Å². The molecule has 0 spiro atoms. The summed E-state index contributed by atoms with van der Waals surface area (Å²) in [7, 11) is 1.74. The molecule has 1 N–H and O–H groups in total. The van der Waals surface area contributed by atoms with Gasteiger partial charge in [0.15, 0.2) is 5.78 Å². The number of rotatable bonds is 8. The molecule has 1 saturated heterocycles. The van der Waals surface area contributed by atoms with Gasteiger partial charge in [0.1, 0.15) is 0 Å². The number of nitrogens with zero attached hydrogens (tertiary/aromatic N) is 2. The average molecular weight is 420 g/mol. The van der Waals surface area contributed by atoms with Gasteiger partial charge in [-0.25, -0.2) is 10.0 Å². The van der Waals surface area contributed by atoms with Gasteiger partial charge in [0.05, 0.1) is 18.0 Å². The smallest absolute Gasteiger partial charge is 0.181 e. The first kappa shape index (κ1) is 21.9. The van der Waals surface area contributed by atoms with Crippen LogP contribution in [0.25, 0.3) is 0 Å². The van der Waals surface area contributed by atoms with Gasteiger partial charge in [0, 0.05) is 39.1 Å². The van der Waals surface area contributed by atoms with Crippen LogP contribution in [0.4, 0.5) is 5.69 Å². The van der Waals surface area contributed by atoms with Gasteiger partial charge in [-0.1, -0.05) is 49.4 Å². The highest BCUT2D eigenvalue weighted by Gasteiger charge is 2.30. The van der Waals surface area contributed by atoms with E-state index in [9.17, 15) is 4.79 Å². The van der Waals surface area contributed by atoms with Crippen molar-refractivity contribution in [3.8, 4) is 0 Å². The Labute approximate surface area is 185 Å². The van der Waals surface area contributed by atoms with Gasteiger partial charge >= 0.3 is 0 Å². The molecule has 2 aromatic carbocycles. The van der Waals surface area contributed by atoms with Gasteiger partial charge in [-0.15, -0.1) is 0 Å². The topological polar surface area (TPSA) is 53.9 Å². The third-order valence-electron chi connectivity index (χ3n) is 6.54. The molecule has 5 nitrogen and oxygen atoms in total. The van der Waals surface area contributed by atoms with Crippen molar-refractivity contribution < 1.29 is 9.53 Å². The number of benzene rings is 2. The molecule has 1 unspecified atom stereocenters. The van der Waals surface area contributed by atoms with E-state index in [1.54, 1.807) is 7.11 Å². The van der Waals surface area contributed by atoms with Crippen molar-refractivity contribution >= 4 is 17.2 Å². The number of carbonyl (C=O) groups excluding carboxylic acids is 1. The van der Waals surface area contributed by atoms with Crippen molar-refractivity contribution in [1.29, 1.82) is 0 Å². The predicted octanol–water partition coefficient (Wildman–Crippen LogP) is 4.29. The number of methoxy groups -OCH3 is 1. The predicted molar refractivity (Wildman–Crippen MR) is 125 cm³/mol. The van der Waals surface area contributed by atoms with Gasteiger partial charge in [0.2, 0.25) is 0 Å². The number of hydrogen-bond acceptors (Lipinski definition) is 5. The number of carbonyl (C=O) groups is 1. The molecule has 2 aliphatic heterocycles. The number of ether oxygens (including phenoxy) is 1. The van der Waals surface area contributed by atoms with Gasteiger partial charge in [-0.2, -0.15) is 0 Å². The van der Waals surface area contributed by atoms with Gasteiger partial charge < -0.3 is 4.74 Å². The van der Waals surface area contributed by atoms with E-state index in [2.05, 4.69) is 64.0 Å². The Morgan fingerprint density at radius 3 is 2.61 bits per heavy atom. The van der Waals surface area contributed by atoms with E-state index < -0.39 is 0 Å². The van der Waals surface area contributed by atoms with Crippen LogP contribution in [0.2, 0.25) is 0 Å². The summed E-state index contributed by atoms with van der Waals surface area (Å²) in [5, 5.41) is 2.32. The van der Waals surface area contributed by atoms with E-state index in [0.29, 0.717) is 30.4 Å². The minimum Gasteiger partial charge on any atom is -0.383 e. The molecular weight excluding hydrogens is 386 g/mol. The number of hydrogen-bond donors (Lipinski definition) is 1. The first-order chi connectivity index (χ1) is 15.2.